The van der Waals surface area contributed by atoms with Crippen LogP contribution in [-0.4, -0.2) is 56.7 Å². The van der Waals surface area contributed by atoms with E-state index < -0.39 is 47.3 Å². The third-order valence-corrected chi connectivity index (χ3v) is 11.4. The van der Waals surface area contributed by atoms with Crippen LogP contribution in [0.1, 0.15) is 61.7 Å². The lowest BCUT2D eigenvalue weighted by Crippen LogP contribution is -2.63. The number of carbonyl (C=O) groups is 3. The van der Waals surface area contributed by atoms with E-state index in [4.69, 9.17) is 15.2 Å². The van der Waals surface area contributed by atoms with Gasteiger partial charge in [-0.05, 0) is 73.4 Å². The van der Waals surface area contributed by atoms with Gasteiger partial charge in [0.05, 0.1) is 18.6 Å². The predicted molar refractivity (Wildman–Crippen MR) is 157 cm³/mol. The smallest absolute Gasteiger partial charge is 0.234 e. The molecule has 9 nitrogen and oxygen atoms in total. The highest BCUT2D eigenvalue weighted by atomic mass is 16.7. The Kier molecular flexibility index (Phi) is 6.49. The molecule has 1 aliphatic heterocycles. The molecule has 226 valence electrons. The number of rotatable bonds is 5. The number of ketones is 2. The monoisotopic (exact) mass is 586 g/mol. The third kappa shape index (κ3) is 4.01. The summed E-state index contributed by atoms with van der Waals surface area (Å²) in [6.45, 7) is 3.41. The first-order valence-electron chi connectivity index (χ1n) is 15.2. The number of nitrogen functional groups attached to an aromatic ring is 1. The minimum Gasteiger partial charge on any atom is -0.399 e. The number of anilines is 1. The van der Waals surface area contributed by atoms with Gasteiger partial charge in [-0.3, -0.25) is 19.0 Å². The minimum atomic E-state index is -1.44. The second kappa shape index (κ2) is 9.82. The quantitative estimate of drug-likeness (QED) is 0.452. The number of hydrogen-bond donors (Lipinski definition) is 3. The van der Waals surface area contributed by atoms with Crippen LogP contribution >= 0.6 is 0 Å². The number of aliphatic hydroxyl groups excluding tert-OH is 2. The SMILES string of the molecule is C[C@]12C=CC(=O)C=C1CC[C@@H]1[C@@H]2[C@@H](O)C[C@@]2(C)[C@H]1C[C@H]1O[C@@H](c3ccn(C(=O)Cc4cccc(N)c4)c3)O[C@]12C(=O)CO. The summed E-state index contributed by atoms with van der Waals surface area (Å²) in [5.41, 5.74) is 6.26. The van der Waals surface area contributed by atoms with Crippen LogP contribution in [0.4, 0.5) is 5.69 Å². The zero-order chi connectivity index (χ0) is 30.3. The average molecular weight is 587 g/mol. The highest BCUT2D eigenvalue weighted by Gasteiger charge is 2.75. The summed E-state index contributed by atoms with van der Waals surface area (Å²) in [5, 5.41) is 22.0. The molecule has 1 aromatic heterocycles. The topological polar surface area (TPSA) is 141 Å². The summed E-state index contributed by atoms with van der Waals surface area (Å²) in [5.74, 6) is -0.626. The fraction of sp³-hybridized carbons (Fsp3) is 0.500. The van der Waals surface area contributed by atoms with Gasteiger partial charge in [-0.15, -0.1) is 0 Å². The molecular formula is C34H38N2O7. The highest BCUT2D eigenvalue weighted by Crippen LogP contribution is 2.70. The molecule has 1 aromatic carbocycles. The van der Waals surface area contributed by atoms with E-state index in [0.29, 0.717) is 24.1 Å². The van der Waals surface area contributed by atoms with Crippen LogP contribution in [0.3, 0.4) is 0 Å². The van der Waals surface area contributed by atoms with Crippen molar-refractivity contribution in [2.75, 3.05) is 12.3 Å². The number of fused-ring (bicyclic) bond motifs is 7. The maximum Gasteiger partial charge on any atom is 0.234 e. The number of benzene rings is 1. The number of nitrogens with two attached hydrogens (primary N) is 1. The number of carbonyl (C=O) groups excluding carboxylic acids is 3. The molecule has 9 atom stereocenters. The van der Waals surface area contributed by atoms with Crippen molar-refractivity contribution in [2.24, 2.45) is 28.6 Å². The van der Waals surface area contributed by atoms with E-state index in [1.807, 2.05) is 25.1 Å². The molecule has 4 aliphatic carbocycles. The molecule has 9 heteroatoms. The summed E-state index contributed by atoms with van der Waals surface area (Å²) in [6.07, 6.45) is 8.92. The van der Waals surface area contributed by atoms with Gasteiger partial charge in [-0.1, -0.05) is 37.6 Å². The number of Topliss-reactive ketones (excluding diaryl/α,β-unsaturated/α-hetero) is 1. The summed E-state index contributed by atoms with van der Waals surface area (Å²) in [7, 11) is 0. The van der Waals surface area contributed by atoms with E-state index in [0.717, 1.165) is 24.0 Å². The van der Waals surface area contributed by atoms with Crippen LogP contribution in [0.2, 0.25) is 0 Å². The molecule has 3 saturated carbocycles. The average Bonchev–Trinajstić information content (AvgIpc) is 3.66. The molecule has 0 amide bonds. The van der Waals surface area contributed by atoms with E-state index in [1.165, 1.54) is 4.57 Å². The number of nitrogens with zero attached hydrogens (tertiary/aromatic N) is 1. The molecule has 2 aromatic rings. The molecule has 0 radical (unpaired) electrons. The Morgan fingerprint density at radius 3 is 2.79 bits per heavy atom. The fourth-order valence-corrected chi connectivity index (χ4v) is 9.51. The van der Waals surface area contributed by atoms with Gasteiger partial charge < -0.3 is 25.4 Å². The van der Waals surface area contributed by atoms with Gasteiger partial charge in [0, 0.05) is 40.4 Å². The molecule has 0 bridgehead atoms. The molecule has 5 aliphatic rings. The molecule has 4 fully saturated rings. The van der Waals surface area contributed by atoms with Crippen LogP contribution < -0.4 is 5.73 Å². The van der Waals surface area contributed by atoms with Gasteiger partial charge in [0.25, 0.3) is 0 Å². The minimum absolute atomic E-state index is 0.0104. The molecule has 2 heterocycles. The Morgan fingerprint density at radius 2 is 2.02 bits per heavy atom. The van der Waals surface area contributed by atoms with E-state index in [9.17, 15) is 24.6 Å². The van der Waals surface area contributed by atoms with Gasteiger partial charge in [0.2, 0.25) is 5.91 Å². The van der Waals surface area contributed by atoms with Crippen molar-refractivity contribution in [2.45, 2.75) is 70.1 Å². The van der Waals surface area contributed by atoms with Gasteiger partial charge >= 0.3 is 0 Å². The Balaban J connectivity index is 1.17. The Bertz CT molecular complexity index is 1580. The molecule has 0 unspecified atom stereocenters. The Hall–Kier alpha value is -3.37. The summed E-state index contributed by atoms with van der Waals surface area (Å²) in [6, 6.07) is 8.94. The first kappa shape index (κ1) is 28.4. The van der Waals surface area contributed by atoms with Crippen LogP contribution in [-0.2, 0) is 25.5 Å². The van der Waals surface area contributed by atoms with Gasteiger partial charge in [-0.2, -0.15) is 0 Å². The standard InChI is InChI=1S/C34H38N2O7/c1-32-10-8-23(38)14-21(32)6-7-24-25-15-28-34(27(40)18-37,33(25,2)16-26(39)30(24)32)43-31(42-28)20-9-11-36(17-20)29(41)13-19-4-3-5-22(35)12-19/h3-5,8-12,14,17,24-26,28,30-31,37,39H,6-7,13,15-16,18,35H2,1-2H3/t24-,25-,26-,28+,30+,31+,32-,33-,34+/m0/s1. The molecule has 7 rings (SSSR count). The zero-order valence-electron chi connectivity index (χ0n) is 24.4. The molecular weight excluding hydrogens is 548 g/mol. The second-order valence-electron chi connectivity index (χ2n) is 13.5. The van der Waals surface area contributed by atoms with Crippen molar-refractivity contribution in [3.63, 3.8) is 0 Å². The van der Waals surface area contributed by atoms with Gasteiger partial charge in [0.15, 0.2) is 23.5 Å². The van der Waals surface area contributed by atoms with E-state index in [-0.39, 0.29) is 35.9 Å². The summed E-state index contributed by atoms with van der Waals surface area (Å²) in [4.78, 5) is 38.9. The first-order chi connectivity index (χ1) is 20.5. The maximum atomic E-state index is 13.7. The summed E-state index contributed by atoms with van der Waals surface area (Å²) >= 11 is 0. The van der Waals surface area contributed by atoms with Crippen LogP contribution in [0.5, 0.6) is 0 Å². The number of aliphatic hydroxyl groups is 2. The van der Waals surface area contributed by atoms with Crippen molar-refractivity contribution in [1.29, 1.82) is 0 Å². The Labute approximate surface area is 250 Å². The highest BCUT2D eigenvalue weighted by molar-refractivity contribution is 6.01. The summed E-state index contributed by atoms with van der Waals surface area (Å²) < 4.78 is 14.6. The maximum absolute atomic E-state index is 13.7. The number of aromatic nitrogens is 1. The molecule has 4 N–H and O–H groups in total. The number of ether oxygens (including phenoxy) is 2. The first-order valence-corrected chi connectivity index (χ1v) is 15.2. The van der Waals surface area contributed by atoms with Gasteiger partial charge in [0.1, 0.15) is 6.61 Å². The normalized spacial score (nSPS) is 39.4. The number of allylic oxidation sites excluding steroid dienone is 4. The fourth-order valence-electron chi connectivity index (χ4n) is 9.51. The molecule has 43 heavy (non-hydrogen) atoms. The van der Waals surface area contributed by atoms with Crippen LogP contribution in [0.25, 0.3) is 0 Å². The predicted octanol–water partition coefficient (Wildman–Crippen LogP) is 3.56. The van der Waals surface area contributed by atoms with E-state index >= 15 is 0 Å². The van der Waals surface area contributed by atoms with Crippen molar-refractivity contribution in [1.82, 2.24) is 4.57 Å². The lowest BCUT2D eigenvalue weighted by molar-refractivity contribution is -0.201. The van der Waals surface area contributed by atoms with E-state index in [1.54, 1.807) is 42.7 Å². The van der Waals surface area contributed by atoms with Crippen LogP contribution in [0.15, 0.2) is 66.5 Å². The largest absolute Gasteiger partial charge is 0.399 e. The van der Waals surface area contributed by atoms with Crippen molar-refractivity contribution < 1.29 is 34.1 Å². The lowest BCUT2D eigenvalue weighted by atomic mass is 9.46. The van der Waals surface area contributed by atoms with Gasteiger partial charge in [-0.25, -0.2) is 0 Å². The van der Waals surface area contributed by atoms with E-state index in [2.05, 4.69) is 6.92 Å². The number of hydrogen-bond acceptors (Lipinski definition) is 8. The third-order valence-electron chi connectivity index (χ3n) is 11.4. The van der Waals surface area contributed by atoms with Crippen molar-refractivity contribution >= 4 is 23.2 Å². The van der Waals surface area contributed by atoms with Crippen LogP contribution in [0, 0.1) is 28.6 Å². The zero-order valence-corrected chi connectivity index (χ0v) is 24.4. The Morgan fingerprint density at radius 1 is 1.21 bits per heavy atom. The lowest BCUT2D eigenvalue weighted by Gasteiger charge is -2.59. The molecule has 1 saturated heterocycles. The van der Waals surface area contributed by atoms with Crippen molar-refractivity contribution in [3.8, 4) is 0 Å². The second-order valence-corrected chi connectivity index (χ2v) is 13.5. The molecule has 0 spiro atoms. The van der Waals surface area contributed by atoms with Crippen molar-refractivity contribution in [3.05, 3.63) is 77.7 Å².